The lowest BCUT2D eigenvalue weighted by Crippen LogP contribution is -2.30. The van der Waals surface area contributed by atoms with E-state index in [1.54, 1.807) is 32.0 Å². The van der Waals surface area contributed by atoms with Gasteiger partial charge in [0.25, 0.3) is 5.91 Å². The fourth-order valence-corrected chi connectivity index (χ4v) is 5.05. The van der Waals surface area contributed by atoms with E-state index in [4.69, 9.17) is 4.42 Å². The second-order valence-electron chi connectivity index (χ2n) is 7.20. The van der Waals surface area contributed by atoms with Crippen molar-refractivity contribution in [3.05, 3.63) is 78.0 Å². The second kappa shape index (κ2) is 8.24. The molecule has 4 rings (SSSR count). The molecule has 2 aromatic heterocycles. The third-order valence-corrected chi connectivity index (χ3v) is 7.97. The molecule has 9 heteroatoms. The maximum Gasteiger partial charge on any atom is 0.260 e. The Labute approximate surface area is 182 Å². The van der Waals surface area contributed by atoms with E-state index in [0.717, 1.165) is 0 Å². The molecule has 0 spiro atoms. The Bertz CT molecular complexity index is 1330. The number of furan rings is 1. The molecule has 0 saturated heterocycles. The van der Waals surface area contributed by atoms with Gasteiger partial charge < -0.3 is 4.42 Å². The SMILES string of the molecule is CC(C)S(=O)(=O)c1ccc(C(=O)N(Cc2ccco2)c2nc3ccc(F)cc3s2)cc1. The molecule has 0 fully saturated rings. The Kier molecular flexibility index (Phi) is 5.63. The van der Waals surface area contributed by atoms with Crippen molar-refractivity contribution in [3.63, 3.8) is 0 Å². The molecule has 4 aromatic rings. The highest BCUT2D eigenvalue weighted by Gasteiger charge is 2.24. The first-order valence-corrected chi connectivity index (χ1v) is 11.9. The largest absolute Gasteiger partial charge is 0.467 e. The quantitative estimate of drug-likeness (QED) is 0.404. The van der Waals surface area contributed by atoms with Crippen LogP contribution in [0, 0.1) is 5.82 Å². The van der Waals surface area contributed by atoms with E-state index in [-0.39, 0.29) is 23.2 Å². The standard InChI is InChI=1S/C22H19FN2O4S2/c1-14(2)31(27,28)18-8-5-15(6-9-18)21(26)25(13-17-4-3-11-29-17)22-24-19-10-7-16(23)12-20(19)30-22/h3-12,14H,13H2,1-2H3. The molecule has 160 valence electrons. The van der Waals surface area contributed by atoms with E-state index < -0.39 is 15.1 Å². The van der Waals surface area contributed by atoms with Gasteiger partial charge in [-0.2, -0.15) is 0 Å². The molecule has 0 radical (unpaired) electrons. The Morgan fingerprint density at radius 3 is 2.55 bits per heavy atom. The zero-order valence-corrected chi connectivity index (χ0v) is 18.4. The normalized spacial score (nSPS) is 11.9. The van der Waals surface area contributed by atoms with Crippen LogP contribution in [0.3, 0.4) is 0 Å². The summed E-state index contributed by atoms with van der Waals surface area (Å²) in [5.41, 5.74) is 0.886. The average molecular weight is 459 g/mol. The van der Waals surface area contributed by atoms with Crippen LogP contribution < -0.4 is 4.90 Å². The minimum atomic E-state index is -3.44. The number of benzene rings is 2. The first-order chi connectivity index (χ1) is 14.8. The molecule has 2 heterocycles. The van der Waals surface area contributed by atoms with Gasteiger partial charge in [0.05, 0.1) is 33.2 Å². The number of hydrogen-bond donors (Lipinski definition) is 0. The molecule has 0 unspecified atom stereocenters. The highest BCUT2D eigenvalue weighted by molar-refractivity contribution is 7.92. The molecule has 0 aliphatic carbocycles. The van der Waals surface area contributed by atoms with Crippen molar-refractivity contribution in [3.8, 4) is 0 Å². The second-order valence-corrected chi connectivity index (χ2v) is 10.7. The van der Waals surface area contributed by atoms with Gasteiger partial charge in [-0.1, -0.05) is 11.3 Å². The number of thiazole rings is 1. The zero-order chi connectivity index (χ0) is 22.2. The van der Waals surface area contributed by atoms with Crippen LogP contribution in [0.4, 0.5) is 9.52 Å². The molecule has 0 aliphatic rings. The summed E-state index contributed by atoms with van der Waals surface area (Å²) in [6.45, 7) is 3.34. The Balaban J connectivity index is 1.71. The molecular weight excluding hydrogens is 439 g/mol. The number of halogens is 1. The Morgan fingerprint density at radius 1 is 1.16 bits per heavy atom. The number of rotatable bonds is 6. The monoisotopic (exact) mass is 458 g/mol. The summed E-state index contributed by atoms with van der Waals surface area (Å²) in [5.74, 6) is -0.198. The van der Waals surface area contributed by atoms with Gasteiger partial charge in [-0.05, 0) is 68.4 Å². The van der Waals surface area contributed by atoms with Crippen molar-refractivity contribution >= 4 is 42.4 Å². The van der Waals surface area contributed by atoms with Crippen LogP contribution in [0.1, 0.15) is 30.0 Å². The van der Waals surface area contributed by atoms with Gasteiger partial charge in [-0.25, -0.2) is 17.8 Å². The molecule has 1 amide bonds. The molecule has 0 atom stereocenters. The first kappa shape index (κ1) is 21.2. The first-order valence-electron chi connectivity index (χ1n) is 9.50. The maximum atomic E-state index is 13.6. The number of sulfone groups is 1. The van der Waals surface area contributed by atoms with Crippen molar-refractivity contribution in [1.29, 1.82) is 0 Å². The number of nitrogens with zero attached hydrogens (tertiary/aromatic N) is 2. The van der Waals surface area contributed by atoms with E-state index in [0.29, 0.717) is 26.7 Å². The number of carbonyl (C=O) groups excluding carboxylic acids is 1. The lowest BCUT2D eigenvalue weighted by atomic mass is 10.2. The molecule has 0 saturated carbocycles. The third kappa shape index (κ3) is 4.24. The van der Waals surface area contributed by atoms with Gasteiger partial charge in [0, 0.05) is 5.56 Å². The van der Waals surface area contributed by atoms with Gasteiger partial charge in [-0.15, -0.1) is 0 Å². The predicted octanol–water partition coefficient (Wildman–Crippen LogP) is 5.06. The summed E-state index contributed by atoms with van der Waals surface area (Å²) in [4.78, 5) is 19.4. The van der Waals surface area contributed by atoms with Crippen LogP contribution in [0.25, 0.3) is 10.2 Å². The molecule has 6 nitrogen and oxygen atoms in total. The summed E-state index contributed by atoms with van der Waals surface area (Å²) >= 11 is 1.19. The molecule has 0 bridgehead atoms. The fraction of sp³-hybridized carbons (Fsp3) is 0.182. The van der Waals surface area contributed by atoms with Crippen molar-refractivity contribution in [2.24, 2.45) is 0 Å². The third-order valence-electron chi connectivity index (χ3n) is 4.76. The molecule has 0 N–H and O–H groups in total. The Hall–Kier alpha value is -3.04. The smallest absolute Gasteiger partial charge is 0.260 e. The lowest BCUT2D eigenvalue weighted by Gasteiger charge is -2.19. The van der Waals surface area contributed by atoms with Crippen molar-refractivity contribution in [2.45, 2.75) is 30.5 Å². The van der Waals surface area contributed by atoms with Crippen LogP contribution in [0.2, 0.25) is 0 Å². The van der Waals surface area contributed by atoms with Crippen LogP contribution >= 0.6 is 11.3 Å². The lowest BCUT2D eigenvalue weighted by molar-refractivity contribution is 0.0983. The number of fused-ring (bicyclic) bond motifs is 1. The van der Waals surface area contributed by atoms with Gasteiger partial charge in [0.1, 0.15) is 11.6 Å². The van der Waals surface area contributed by atoms with Crippen LogP contribution in [-0.4, -0.2) is 24.6 Å². The zero-order valence-electron chi connectivity index (χ0n) is 16.8. The topological polar surface area (TPSA) is 80.5 Å². The van der Waals surface area contributed by atoms with Crippen LogP contribution in [0.5, 0.6) is 0 Å². The van der Waals surface area contributed by atoms with E-state index in [1.165, 1.54) is 58.9 Å². The summed E-state index contributed by atoms with van der Waals surface area (Å²) in [6.07, 6.45) is 1.51. The highest BCUT2D eigenvalue weighted by Crippen LogP contribution is 2.31. The van der Waals surface area contributed by atoms with E-state index >= 15 is 0 Å². The molecule has 2 aromatic carbocycles. The van der Waals surface area contributed by atoms with E-state index in [9.17, 15) is 17.6 Å². The van der Waals surface area contributed by atoms with E-state index in [2.05, 4.69) is 4.98 Å². The van der Waals surface area contributed by atoms with Gasteiger partial charge in [0.2, 0.25) is 0 Å². The van der Waals surface area contributed by atoms with Crippen molar-refractivity contribution < 1.29 is 22.0 Å². The fourth-order valence-electron chi connectivity index (χ4n) is 3.00. The summed E-state index contributed by atoms with van der Waals surface area (Å²) in [5, 5.41) is -0.173. The van der Waals surface area contributed by atoms with Gasteiger partial charge >= 0.3 is 0 Å². The predicted molar refractivity (Wildman–Crippen MR) is 118 cm³/mol. The number of anilines is 1. The molecule has 31 heavy (non-hydrogen) atoms. The maximum absolute atomic E-state index is 13.6. The summed E-state index contributed by atoms with van der Waals surface area (Å²) in [7, 11) is -3.44. The average Bonchev–Trinajstić information content (AvgIpc) is 3.40. The molecule has 0 aliphatic heterocycles. The minimum absolute atomic E-state index is 0.125. The van der Waals surface area contributed by atoms with Gasteiger partial charge in [0.15, 0.2) is 15.0 Å². The Morgan fingerprint density at radius 2 is 1.90 bits per heavy atom. The van der Waals surface area contributed by atoms with Crippen molar-refractivity contribution in [2.75, 3.05) is 4.90 Å². The number of amides is 1. The number of hydrogen-bond acceptors (Lipinski definition) is 6. The van der Waals surface area contributed by atoms with Gasteiger partial charge in [-0.3, -0.25) is 9.69 Å². The van der Waals surface area contributed by atoms with E-state index in [1.807, 2.05) is 0 Å². The van der Waals surface area contributed by atoms with Crippen LogP contribution in [-0.2, 0) is 16.4 Å². The summed E-state index contributed by atoms with van der Waals surface area (Å²) < 4.78 is 44.3. The number of aromatic nitrogens is 1. The highest BCUT2D eigenvalue weighted by atomic mass is 32.2. The van der Waals surface area contributed by atoms with Crippen molar-refractivity contribution in [1.82, 2.24) is 4.98 Å². The summed E-state index contributed by atoms with van der Waals surface area (Å²) in [6, 6.07) is 13.5. The minimum Gasteiger partial charge on any atom is -0.467 e. The molecular formula is C22H19FN2O4S2. The number of carbonyl (C=O) groups is 1. The van der Waals surface area contributed by atoms with Crippen LogP contribution in [0.15, 0.2) is 70.2 Å².